The van der Waals surface area contributed by atoms with E-state index in [1.165, 1.54) is 77.5 Å². The summed E-state index contributed by atoms with van der Waals surface area (Å²) in [5, 5.41) is 2.38. The lowest BCUT2D eigenvalue weighted by molar-refractivity contribution is 0.794. The van der Waals surface area contributed by atoms with E-state index in [-0.39, 0.29) is 0 Å². The number of aromatic nitrogens is 3. The van der Waals surface area contributed by atoms with Gasteiger partial charge in [-0.05, 0) is 94.7 Å². The van der Waals surface area contributed by atoms with Crippen molar-refractivity contribution in [1.82, 2.24) is 15.0 Å². The molecule has 302 valence electrons. The average molecular weight is 826 g/mol. The van der Waals surface area contributed by atoms with E-state index >= 15 is 0 Å². The third kappa shape index (κ3) is 5.72. The van der Waals surface area contributed by atoms with Crippen molar-refractivity contribution >= 4 is 10.8 Å². The number of fused-ring (bicyclic) bond motifs is 11. The average Bonchev–Trinajstić information content (AvgIpc) is 3.86. The Hall–Kier alpha value is -8.53. The zero-order valence-corrected chi connectivity index (χ0v) is 35.4. The van der Waals surface area contributed by atoms with Crippen LogP contribution in [0.2, 0.25) is 0 Å². The minimum Gasteiger partial charge on any atom is -0.208 e. The molecule has 0 aliphatic heterocycles. The summed E-state index contributed by atoms with van der Waals surface area (Å²) in [6.07, 6.45) is 0. The Morgan fingerprint density at radius 3 is 1.37 bits per heavy atom. The van der Waals surface area contributed by atoms with E-state index in [4.69, 9.17) is 15.0 Å². The van der Waals surface area contributed by atoms with Crippen LogP contribution in [0.1, 0.15) is 22.3 Å². The molecule has 2 aliphatic rings. The fourth-order valence-corrected chi connectivity index (χ4v) is 10.8. The highest BCUT2D eigenvalue weighted by atomic mass is 15.0. The molecule has 1 aromatic heterocycles. The van der Waals surface area contributed by atoms with Crippen molar-refractivity contribution in [3.63, 3.8) is 0 Å². The van der Waals surface area contributed by atoms with Gasteiger partial charge in [0.15, 0.2) is 17.5 Å². The molecular weight excluding hydrogens is 787 g/mol. The molecule has 3 nitrogen and oxygen atoms in total. The van der Waals surface area contributed by atoms with E-state index in [1.807, 2.05) is 24.3 Å². The van der Waals surface area contributed by atoms with Crippen LogP contribution in [-0.4, -0.2) is 15.0 Å². The Morgan fingerprint density at radius 2 is 0.677 bits per heavy atom. The van der Waals surface area contributed by atoms with Gasteiger partial charge in [0.25, 0.3) is 0 Å². The summed E-state index contributed by atoms with van der Waals surface area (Å²) in [4.78, 5) is 15.4. The van der Waals surface area contributed by atoms with E-state index in [0.717, 1.165) is 27.8 Å². The van der Waals surface area contributed by atoms with Gasteiger partial charge in [0.1, 0.15) is 0 Å². The molecule has 0 N–H and O–H groups in total. The van der Waals surface area contributed by atoms with Crippen molar-refractivity contribution in [2.75, 3.05) is 0 Å². The summed E-state index contributed by atoms with van der Waals surface area (Å²) in [7, 11) is 0. The van der Waals surface area contributed by atoms with Crippen LogP contribution in [0.25, 0.3) is 101 Å². The summed E-state index contributed by atoms with van der Waals surface area (Å²) in [5.74, 6) is 1.89. The maximum Gasteiger partial charge on any atom is 0.164 e. The van der Waals surface area contributed by atoms with Gasteiger partial charge in [-0.25, -0.2) is 15.0 Å². The zero-order chi connectivity index (χ0) is 42.9. The lowest BCUT2D eigenvalue weighted by Gasteiger charge is -2.30. The van der Waals surface area contributed by atoms with Crippen LogP contribution in [0.15, 0.2) is 237 Å². The second-order valence-corrected chi connectivity index (χ2v) is 17.0. The first-order valence-electron chi connectivity index (χ1n) is 22.3. The van der Waals surface area contributed by atoms with Crippen LogP contribution in [0, 0.1) is 0 Å². The minimum absolute atomic E-state index is 0.430. The van der Waals surface area contributed by atoms with Gasteiger partial charge in [-0.3, -0.25) is 0 Å². The molecule has 3 heteroatoms. The van der Waals surface area contributed by atoms with Crippen molar-refractivity contribution in [2.45, 2.75) is 5.41 Å². The van der Waals surface area contributed by atoms with E-state index in [0.29, 0.717) is 17.5 Å². The SMILES string of the molecule is c1ccc(-c2ccc(-c3nc(-c4ccccc4)nc(-c4cccc(-c5c(-c6cccc7c6-c6ccccc6C76c7ccccc7-c7ccccc76)ccc6ccccc56)c4)n3)cc2)cc1. The van der Waals surface area contributed by atoms with Crippen LogP contribution >= 0.6 is 0 Å². The molecule has 0 unspecified atom stereocenters. The summed E-state index contributed by atoms with van der Waals surface area (Å²) in [6.45, 7) is 0. The molecule has 2 aliphatic carbocycles. The Labute approximate surface area is 378 Å². The third-order valence-corrected chi connectivity index (χ3v) is 13.6. The molecule has 0 saturated heterocycles. The predicted octanol–water partition coefficient (Wildman–Crippen LogP) is 15.4. The van der Waals surface area contributed by atoms with Gasteiger partial charge < -0.3 is 0 Å². The fraction of sp³-hybridized carbons (Fsp3) is 0.0161. The van der Waals surface area contributed by atoms with E-state index < -0.39 is 5.41 Å². The quantitative estimate of drug-likeness (QED) is 0.168. The number of benzene rings is 10. The normalized spacial score (nSPS) is 12.7. The molecule has 1 heterocycles. The smallest absolute Gasteiger partial charge is 0.164 e. The van der Waals surface area contributed by atoms with Crippen molar-refractivity contribution in [3.8, 4) is 89.8 Å². The lowest BCUT2D eigenvalue weighted by atomic mass is 9.70. The van der Waals surface area contributed by atoms with Gasteiger partial charge in [-0.1, -0.05) is 231 Å². The van der Waals surface area contributed by atoms with E-state index in [1.54, 1.807) is 0 Å². The molecule has 11 aromatic rings. The molecule has 0 radical (unpaired) electrons. The van der Waals surface area contributed by atoms with Crippen molar-refractivity contribution in [1.29, 1.82) is 0 Å². The minimum atomic E-state index is -0.430. The number of rotatable bonds is 6. The van der Waals surface area contributed by atoms with Gasteiger partial charge in [-0.15, -0.1) is 0 Å². The first kappa shape index (κ1) is 37.1. The summed E-state index contributed by atoms with van der Waals surface area (Å²) in [6, 6.07) is 85.3. The predicted molar refractivity (Wildman–Crippen MR) is 266 cm³/mol. The van der Waals surface area contributed by atoms with Crippen molar-refractivity contribution < 1.29 is 0 Å². The van der Waals surface area contributed by atoms with Gasteiger partial charge in [0.2, 0.25) is 0 Å². The zero-order valence-electron chi connectivity index (χ0n) is 35.4. The lowest BCUT2D eigenvalue weighted by Crippen LogP contribution is -2.25. The number of hydrogen-bond donors (Lipinski definition) is 0. The Balaban J connectivity index is 1.01. The van der Waals surface area contributed by atoms with Gasteiger partial charge in [-0.2, -0.15) is 0 Å². The Kier molecular flexibility index (Phi) is 8.44. The largest absolute Gasteiger partial charge is 0.208 e. The summed E-state index contributed by atoms with van der Waals surface area (Å²) < 4.78 is 0. The highest BCUT2D eigenvalue weighted by Crippen LogP contribution is 2.64. The van der Waals surface area contributed by atoms with Crippen LogP contribution < -0.4 is 0 Å². The van der Waals surface area contributed by atoms with E-state index in [2.05, 4.69) is 212 Å². The molecule has 0 fully saturated rings. The summed E-state index contributed by atoms with van der Waals surface area (Å²) >= 11 is 0. The molecule has 65 heavy (non-hydrogen) atoms. The van der Waals surface area contributed by atoms with Crippen molar-refractivity contribution in [2.24, 2.45) is 0 Å². The Morgan fingerprint density at radius 1 is 0.246 bits per heavy atom. The maximum atomic E-state index is 5.21. The Bertz CT molecular complexity index is 3600. The monoisotopic (exact) mass is 825 g/mol. The molecule has 0 amide bonds. The highest BCUT2D eigenvalue weighted by molar-refractivity contribution is 6.08. The molecule has 13 rings (SSSR count). The maximum absolute atomic E-state index is 5.21. The fourth-order valence-electron chi connectivity index (χ4n) is 10.8. The van der Waals surface area contributed by atoms with Crippen LogP contribution in [0.4, 0.5) is 0 Å². The molecule has 0 saturated carbocycles. The van der Waals surface area contributed by atoms with Gasteiger partial charge in [0, 0.05) is 16.7 Å². The summed E-state index contributed by atoms with van der Waals surface area (Å²) in [5.41, 5.74) is 19.9. The van der Waals surface area contributed by atoms with Gasteiger partial charge in [0.05, 0.1) is 5.41 Å². The van der Waals surface area contributed by atoms with E-state index in [9.17, 15) is 0 Å². The molecular formula is C62H39N3. The second kappa shape index (κ2) is 14.8. The molecule has 0 atom stereocenters. The van der Waals surface area contributed by atoms with Crippen molar-refractivity contribution in [3.05, 3.63) is 259 Å². The van der Waals surface area contributed by atoms with Gasteiger partial charge >= 0.3 is 0 Å². The topological polar surface area (TPSA) is 38.7 Å². The first-order valence-corrected chi connectivity index (χ1v) is 22.3. The number of hydrogen-bond acceptors (Lipinski definition) is 3. The highest BCUT2D eigenvalue weighted by Gasteiger charge is 2.52. The second-order valence-electron chi connectivity index (χ2n) is 17.0. The third-order valence-electron chi connectivity index (χ3n) is 13.6. The molecule has 10 aromatic carbocycles. The van der Waals surface area contributed by atoms with Crippen LogP contribution in [0.5, 0.6) is 0 Å². The van der Waals surface area contributed by atoms with Crippen LogP contribution in [-0.2, 0) is 5.41 Å². The standard InChI is InChI=1S/C62H39N3/c1-3-17-40(18-4-1)41-33-35-44(36-34-41)60-63-59(43-20-5-2-6-21-43)64-61(65-60)46-23-15-22-45(39-46)57-47-24-8-7-19-42(47)37-38-51(57)50-28-16-32-56-58(50)52-27-11-14-31-55(52)62(56)53-29-12-9-25-48(53)49-26-10-13-30-54(49)62/h1-39H. The first-order chi connectivity index (χ1) is 32.2. The molecule has 0 bridgehead atoms. The van der Waals surface area contributed by atoms with Crippen LogP contribution in [0.3, 0.4) is 0 Å². The number of nitrogens with zero attached hydrogens (tertiary/aromatic N) is 3. The molecule has 1 spiro atoms.